The Balaban J connectivity index is 2.05. The maximum absolute atomic E-state index is 12.0. The van der Waals surface area contributed by atoms with E-state index in [0.29, 0.717) is 5.56 Å². The Morgan fingerprint density at radius 1 is 1.04 bits per heavy atom. The summed E-state index contributed by atoms with van der Waals surface area (Å²) in [5.41, 5.74) is 1.30. The van der Waals surface area contributed by atoms with Gasteiger partial charge in [0.25, 0.3) is 0 Å². The summed E-state index contributed by atoms with van der Waals surface area (Å²) in [6.45, 7) is -0.00832. The van der Waals surface area contributed by atoms with E-state index in [-0.39, 0.29) is 17.9 Å². The molecule has 8 nitrogen and oxygen atoms in total. The summed E-state index contributed by atoms with van der Waals surface area (Å²) in [5.74, 6) is -1.50. The van der Waals surface area contributed by atoms with Crippen LogP contribution in [0.15, 0.2) is 59.5 Å². The molecule has 150 valence electrons. The number of carbonyl (C=O) groups excluding carboxylic acids is 1. The minimum atomic E-state index is -3.36. The highest BCUT2D eigenvalue weighted by atomic mass is 32.2. The first-order valence-electron chi connectivity index (χ1n) is 8.34. The second kappa shape index (κ2) is 9.34. The number of aliphatic carboxylic acids is 1. The number of aliphatic hydroxyl groups excluding tert-OH is 1. The molecule has 0 aliphatic heterocycles. The molecule has 0 saturated carbocycles. The van der Waals surface area contributed by atoms with Crippen LogP contribution in [-0.4, -0.2) is 49.1 Å². The predicted molar refractivity (Wildman–Crippen MR) is 100 cm³/mol. The number of rotatable bonds is 8. The fourth-order valence-electron chi connectivity index (χ4n) is 2.46. The Kier molecular flexibility index (Phi) is 7.13. The van der Waals surface area contributed by atoms with E-state index in [0.717, 1.165) is 11.8 Å². The molecule has 9 heteroatoms. The monoisotopic (exact) mass is 407 g/mol. The van der Waals surface area contributed by atoms with Gasteiger partial charge in [0, 0.05) is 6.26 Å². The second-order valence-corrected chi connectivity index (χ2v) is 8.23. The lowest BCUT2D eigenvalue weighted by molar-refractivity contribution is -0.148. The quantitative estimate of drug-likeness (QED) is 0.602. The summed E-state index contributed by atoms with van der Waals surface area (Å²) in [6, 6.07) is 13.5. The van der Waals surface area contributed by atoms with Crippen LogP contribution >= 0.6 is 0 Å². The van der Waals surface area contributed by atoms with Gasteiger partial charge in [-0.1, -0.05) is 42.5 Å². The third kappa shape index (κ3) is 6.36. The average Bonchev–Trinajstić information content (AvgIpc) is 2.65. The first-order chi connectivity index (χ1) is 13.2. The van der Waals surface area contributed by atoms with Gasteiger partial charge in [0.05, 0.1) is 10.9 Å². The van der Waals surface area contributed by atoms with E-state index in [1.807, 2.05) is 6.07 Å². The molecule has 0 aromatic heterocycles. The van der Waals surface area contributed by atoms with E-state index in [1.165, 1.54) is 24.3 Å². The Morgan fingerprint density at radius 3 is 2.18 bits per heavy atom. The maximum Gasteiger partial charge on any atom is 0.407 e. The molecule has 2 aromatic carbocycles. The van der Waals surface area contributed by atoms with Crippen LogP contribution < -0.4 is 5.32 Å². The van der Waals surface area contributed by atoms with Gasteiger partial charge in [-0.05, 0) is 29.7 Å². The molecule has 0 spiro atoms. The number of carbonyl (C=O) groups is 2. The number of nitrogens with one attached hydrogen (secondary N) is 1. The second-order valence-electron chi connectivity index (χ2n) is 6.22. The molecule has 0 aliphatic rings. The highest BCUT2D eigenvalue weighted by Gasteiger charge is 2.28. The van der Waals surface area contributed by atoms with Gasteiger partial charge in [-0.3, -0.25) is 0 Å². The van der Waals surface area contributed by atoms with Crippen LogP contribution in [0, 0.1) is 0 Å². The van der Waals surface area contributed by atoms with Crippen molar-refractivity contribution in [3.8, 4) is 0 Å². The van der Waals surface area contributed by atoms with Crippen LogP contribution in [0.1, 0.15) is 11.1 Å². The van der Waals surface area contributed by atoms with Crippen molar-refractivity contribution in [3.05, 3.63) is 65.7 Å². The van der Waals surface area contributed by atoms with Gasteiger partial charge >= 0.3 is 12.1 Å². The third-order valence-corrected chi connectivity index (χ3v) is 5.09. The van der Waals surface area contributed by atoms with E-state index >= 15 is 0 Å². The summed E-state index contributed by atoms with van der Waals surface area (Å²) in [7, 11) is -3.36. The fraction of sp³-hybridized carbons (Fsp3) is 0.263. The zero-order chi connectivity index (χ0) is 20.7. The topological polar surface area (TPSA) is 130 Å². The van der Waals surface area contributed by atoms with Crippen molar-refractivity contribution in [1.29, 1.82) is 0 Å². The molecule has 0 radical (unpaired) electrons. The molecule has 2 aromatic rings. The van der Waals surface area contributed by atoms with Crippen LogP contribution in [0.3, 0.4) is 0 Å². The van der Waals surface area contributed by atoms with E-state index in [1.54, 1.807) is 24.3 Å². The molecule has 3 N–H and O–H groups in total. The Labute approximate surface area is 162 Å². The Hall–Kier alpha value is -2.91. The van der Waals surface area contributed by atoms with Gasteiger partial charge in [0.15, 0.2) is 15.9 Å². The van der Waals surface area contributed by atoms with Gasteiger partial charge in [-0.2, -0.15) is 0 Å². The van der Waals surface area contributed by atoms with Crippen molar-refractivity contribution >= 4 is 21.9 Å². The molecule has 2 rings (SSSR count). The zero-order valence-electron chi connectivity index (χ0n) is 15.1. The molecule has 0 fully saturated rings. The number of aliphatic hydroxyl groups is 1. The smallest absolute Gasteiger partial charge is 0.407 e. The average molecular weight is 407 g/mol. The van der Waals surface area contributed by atoms with Crippen molar-refractivity contribution in [2.75, 3.05) is 6.26 Å². The summed E-state index contributed by atoms with van der Waals surface area (Å²) in [5, 5.41) is 21.3. The Bertz CT molecular complexity index is 911. The molecule has 0 unspecified atom stereocenters. The largest absolute Gasteiger partial charge is 0.479 e. The number of ether oxygens (including phenoxy) is 1. The number of carboxylic acid groups (broad SMARTS) is 1. The minimum absolute atomic E-state index is 0.00832. The lowest BCUT2D eigenvalue weighted by Crippen LogP contribution is -2.48. The summed E-state index contributed by atoms with van der Waals surface area (Å²) in [4.78, 5) is 23.3. The molecule has 0 bridgehead atoms. The van der Waals surface area contributed by atoms with Crippen LogP contribution in [-0.2, 0) is 32.4 Å². The molecule has 28 heavy (non-hydrogen) atoms. The number of hydrogen-bond acceptors (Lipinski definition) is 6. The highest BCUT2D eigenvalue weighted by Crippen LogP contribution is 2.13. The van der Waals surface area contributed by atoms with Crippen LogP contribution in [0.2, 0.25) is 0 Å². The molecule has 0 heterocycles. The molecule has 0 aliphatic carbocycles. The molecule has 1 amide bonds. The molecular formula is C19H21NO7S. The molecular weight excluding hydrogens is 386 g/mol. The Morgan fingerprint density at radius 2 is 1.64 bits per heavy atom. The van der Waals surface area contributed by atoms with Gasteiger partial charge in [-0.25, -0.2) is 18.0 Å². The van der Waals surface area contributed by atoms with Crippen molar-refractivity contribution in [2.24, 2.45) is 0 Å². The number of alkyl carbamates (subject to hydrolysis) is 1. The van der Waals surface area contributed by atoms with Crippen molar-refractivity contribution in [2.45, 2.75) is 30.1 Å². The maximum atomic E-state index is 12.0. The lowest BCUT2D eigenvalue weighted by atomic mass is 10.0. The molecule has 0 saturated heterocycles. The predicted octanol–water partition coefficient (Wildman–Crippen LogP) is 1.37. The number of amides is 1. The van der Waals surface area contributed by atoms with E-state index in [4.69, 9.17) is 9.84 Å². The normalized spacial score (nSPS) is 13.4. The van der Waals surface area contributed by atoms with E-state index in [2.05, 4.69) is 5.32 Å². The number of benzene rings is 2. The van der Waals surface area contributed by atoms with Gasteiger partial charge < -0.3 is 20.3 Å². The SMILES string of the molecule is CS(=O)(=O)c1ccc(C[C@H](NC(=O)OCc2ccccc2)[C@@H](O)C(=O)O)cc1. The van der Waals surface area contributed by atoms with Crippen LogP contribution in [0.25, 0.3) is 0 Å². The number of sulfone groups is 1. The highest BCUT2D eigenvalue weighted by molar-refractivity contribution is 7.90. The minimum Gasteiger partial charge on any atom is -0.479 e. The van der Waals surface area contributed by atoms with Crippen LogP contribution in [0.5, 0.6) is 0 Å². The zero-order valence-corrected chi connectivity index (χ0v) is 15.9. The first kappa shape index (κ1) is 21.4. The van der Waals surface area contributed by atoms with Crippen LogP contribution in [0.4, 0.5) is 4.79 Å². The number of carboxylic acids is 1. The van der Waals surface area contributed by atoms with Gasteiger partial charge in [-0.15, -0.1) is 0 Å². The summed E-state index contributed by atoms with van der Waals surface area (Å²) >= 11 is 0. The third-order valence-electron chi connectivity index (χ3n) is 3.96. The van der Waals surface area contributed by atoms with Crippen molar-refractivity contribution < 1.29 is 33.0 Å². The van der Waals surface area contributed by atoms with Crippen molar-refractivity contribution in [3.63, 3.8) is 0 Å². The standard InChI is InChI=1S/C19H21NO7S/c1-28(25,26)15-9-7-13(8-10-15)11-16(17(21)18(22)23)20-19(24)27-12-14-5-3-2-4-6-14/h2-10,16-17,21H,11-12H2,1H3,(H,20,24)(H,22,23)/t16-,17+/m0/s1. The number of hydrogen-bond donors (Lipinski definition) is 3. The van der Waals surface area contributed by atoms with Crippen molar-refractivity contribution in [1.82, 2.24) is 5.32 Å². The fourth-order valence-corrected chi connectivity index (χ4v) is 3.09. The lowest BCUT2D eigenvalue weighted by Gasteiger charge is -2.21. The van der Waals surface area contributed by atoms with E-state index < -0.39 is 34.0 Å². The summed E-state index contributed by atoms with van der Waals surface area (Å²) in [6.07, 6.45) is -1.69. The summed E-state index contributed by atoms with van der Waals surface area (Å²) < 4.78 is 28.1. The van der Waals surface area contributed by atoms with Gasteiger partial charge in [0.1, 0.15) is 6.61 Å². The van der Waals surface area contributed by atoms with Gasteiger partial charge in [0.2, 0.25) is 0 Å². The molecule has 2 atom stereocenters. The van der Waals surface area contributed by atoms with E-state index in [9.17, 15) is 23.1 Å². The first-order valence-corrected chi connectivity index (χ1v) is 10.2.